The lowest BCUT2D eigenvalue weighted by Gasteiger charge is -2.13. The molecular weight excluding hydrogens is 248 g/mol. The van der Waals surface area contributed by atoms with Gasteiger partial charge in [-0.05, 0) is 24.0 Å². The highest BCUT2D eigenvalue weighted by Gasteiger charge is 2.12. The zero-order valence-corrected chi connectivity index (χ0v) is 11.3. The Morgan fingerprint density at radius 2 is 2.11 bits per heavy atom. The first-order chi connectivity index (χ1) is 8.74. The maximum absolute atomic E-state index is 8.95. The van der Waals surface area contributed by atoms with E-state index in [0.29, 0.717) is 16.1 Å². The zero-order valence-electron chi connectivity index (χ0n) is 10.5. The van der Waals surface area contributed by atoms with Gasteiger partial charge < -0.3 is 9.84 Å². The van der Waals surface area contributed by atoms with Gasteiger partial charge in [0.05, 0.1) is 6.61 Å². The van der Waals surface area contributed by atoms with Crippen LogP contribution in [-0.4, -0.2) is 15.3 Å². The van der Waals surface area contributed by atoms with Crippen LogP contribution in [0.4, 0.5) is 0 Å². The van der Waals surface area contributed by atoms with Crippen molar-refractivity contribution in [1.82, 2.24) is 10.2 Å². The molecule has 0 saturated heterocycles. The van der Waals surface area contributed by atoms with E-state index in [2.05, 4.69) is 30.1 Å². The van der Waals surface area contributed by atoms with E-state index in [1.54, 1.807) is 0 Å². The van der Waals surface area contributed by atoms with Gasteiger partial charge in [0, 0.05) is 0 Å². The van der Waals surface area contributed by atoms with E-state index >= 15 is 0 Å². The molecule has 1 aromatic heterocycles. The molecule has 2 rings (SSSR count). The molecule has 1 N–H and O–H groups in total. The first-order valence-corrected chi connectivity index (χ1v) is 6.76. The second-order valence-corrected chi connectivity index (χ2v) is 5.09. The fourth-order valence-corrected chi connectivity index (χ4v) is 2.20. The molecule has 1 aromatic carbocycles. The van der Waals surface area contributed by atoms with Crippen LogP contribution in [0.2, 0.25) is 0 Å². The van der Waals surface area contributed by atoms with Crippen molar-refractivity contribution in [1.29, 1.82) is 0 Å². The molecule has 4 nitrogen and oxygen atoms in total. The van der Waals surface area contributed by atoms with Gasteiger partial charge in [0.25, 0.3) is 5.19 Å². The van der Waals surface area contributed by atoms with Crippen molar-refractivity contribution >= 4 is 11.3 Å². The smallest absolute Gasteiger partial charge is 0.299 e. The van der Waals surface area contributed by atoms with Gasteiger partial charge >= 0.3 is 0 Å². The lowest BCUT2D eigenvalue weighted by molar-refractivity contribution is 0.280. The number of hydrogen-bond acceptors (Lipinski definition) is 5. The largest absolute Gasteiger partial charge is 0.429 e. The average Bonchev–Trinajstić information content (AvgIpc) is 2.86. The van der Waals surface area contributed by atoms with Crippen LogP contribution in [-0.2, 0) is 6.61 Å². The summed E-state index contributed by atoms with van der Waals surface area (Å²) in [4.78, 5) is 0. The van der Waals surface area contributed by atoms with E-state index in [4.69, 9.17) is 9.84 Å². The molecule has 0 amide bonds. The minimum Gasteiger partial charge on any atom is -0.429 e. The molecule has 0 aliphatic heterocycles. The predicted octanol–water partition coefficient (Wildman–Crippen LogP) is 3.34. The summed E-state index contributed by atoms with van der Waals surface area (Å²) in [5, 5.41) is 17.7. The molecule has 0 radical (unpaired) electrons. The van der Waals surface area contributed by atoms with E-state index in [1.807, 2.05) is 18.2 Å². The van der Waals surface area contributed by atoms with Gasteiger partial charge in [-0.2, -0.15) is 0 Å². The van der Waals surface area contributed by atoms with E-state index in [0.717, 1.165) is 12.2 Å². The molecule has 2 aromatic rings. The third-order valence-corrected chi connectivity index (χ3v) is 3.63. The summed E-state index contributed by atoms with van der Waals surface area (Å²) in [6, 6.07) is 7.95. The van der Waals surface area contributed by atoms with Crippen LogP contribution in [0.1, 0.15) is 36.8 Å². The fraction of sp³-hybridized carbons (Fsp3) is 0.385. The minimum atomic E-state index is -0.103. The zero-order chi connectivity index (χ0) is 13.0. The van der Waals surface area contributed by atoms with Crippen molar-refractivity contribution in [2.24, 2.45) is 0 Å². The molecule has 18 heavy (non-hydrogen) atoms. The molecule has 0 aliphatic carbocycles. The Morgan fingerprint density at radius 3 is 2.78 bits per heavy atom. The third-order valence-electron chi connectivity index (χ3n) is 2.84. The van der Waals surface area contributed by atoms with Crippen LogP contribution in [0, 0.1) is 0 Å². The number of aliphatic hydroxyl groups excluding tert-OH is 1. The van der Waals surface area contributed by atoms with Gasteiger partial charge in [0.15, 0.2) is 0 Å². The molecule has 1 unspecified atom stereocenters. The number of benzene rings is 1. The summed E-state index contributed by atoms with van der Waals surface area (Å²) in [6.07, 6.45) is 1.05. The molecule has 1 heterocycles. The van der Waals surface area contributed by atoms with Crippen LogP contribution < -0.4 is 4.74 Å². The molecule has 0 fully saturated rings. The SMILES string of the molecule is CCC(C)c1ccccc1Oc1nnc(CO)s1. The van der Waals surface area contributed by atoms with Crippen LogP contribution in [0.3, 0.4) is 0 Å². The second kappa shape index (κ2) is 5.93. The summed E-state index contributed by atoms with van der Waals surface area (Å²) in [6.45, 7) is 4.21. The van der Waals surface area contributed by atoms with Gasteiger partial charge in [-0.3, -0.25) is 0 Å². The number of nitrogens with zero attached hydrogens (tertiary/aromatic N) is 2. The number of aromatic nitrogens is 2. The summed E-state index contributed by atoms with van der Waals surface area (Å²) >= 11 is 1.26. The molecule has 0 saturated carbocycles. The van der Waals surface area contributed by atoms with Gasteiger partial charge in [0.2, 0.25) is 0 Å². The van der Waals surface area contributed by atoms with Crippen molar-refractivity contribution < 1.29 is 9.84 Å². The number of hydrogen-bond donors (Lipinski definition) is 1. The Bertz CT molecular complexity index is 513. The van der Waals surface area contributed by atoms with Crippen molar-refractivity contribution in [3.8, 4) is 10.9 Å². The van der Waals surface area contributed by atoms with E-state index in [9.17, 15) is 0 Å². The van der Waals surface area contributed by atoms with Gasteiger partial charge in [-0.25, -0.2) is 0 Å². The average molecular weight is 264 g/mol. The lowest BCUT2D eigenvalue weighted by Crippen LogP contribution is -1.95. The second-order valence-electron chi connectivity index (χ2n) is 4.07. The van der Waals surface area contributed by atoms with Crippen LogP contribution in [0.15, 0.2) is 24.3 Å². The van der Waals surface area contributed by atoms with Gasteiger partial charge in [-0.1, -0.05) is 48.5 Å². The Balaban J connectivity index is 2.23. The highest BCUT2D eigenvalue weighted by atomic mass is 32.1. The van der Waals surface area contributed by atoms with Crippen molar-refractivity contribution in [3.05, 3.63) is 34.8 Å². The van der Waals surface area contributed by atoms with Crippen LogP contribution in [0.25, 0.3) is 0 Å². The summed E-state index contributed by atoms with van der Waals surface area (Å²) < 4.78 is 5.75. The van der Waals surface area contributed by atoms with Gasteiger partial charge in [0.1, 0.15) is 10.8 Å². The van der Waals surface area contributed by atoms with E-state index in [-0.39, 0.29) is 6.61 Å². The minimum absolute atomic E-state index is 0.103. The quantitative estimate of drug-likeness (QED) is 0.900. The summed E-state index contributed by atoms with van der Waals surface area (Å²) in [5.41, 5.74) is 1.17. The molecule has 1 atom stereocenters. The Labute approximate surface area is 110 Å². The Kier molecular flexibility index (Phi) is 4.28. The first-order valence-electron chi connectivity index (χ1n) is 5.94. The summed E-state index contributed by atoms with van der Waals surface area (Å²) in [7, 11) is 0. The molecule has 0 aliphatic rings. The highest BCUT2D eigenvalue weighted by molar-refractivity contribution is 7.13. The predicted molar refractivity (Wildman–Crippen MR) is 71.1 cm³/mol. The third kappa shape index (κ3) is 2.86. The lowest BCUT2D eigenvalue weighted by atomic mass is 9.98. The van der Waals surface area contributed by atoms with Crippen molar-refractivity contribution in [2.75, 3.05) is 0 Å². The summed E-state index contributed by atoms with van der Waals surface area (Å²) in [5.74, 6) is 1.25. The van der Waals surface area contributed by atoms with Crippen LogP contribution in [0.5, 0.6) is 10.9 Å². The molecule has 0 spiro atoms. The number of para-hydroxylation sites is 1. The molecule has 5 heteroatoms. The molecule has 0 bridgehead atoms. The fourth-order valence-electron chi connectivity index (χ4n) is 1.64. The Morgan fingerprint density at radius 1 is 1.33 bits per heavy atom. The monoisotopic (exact) mass is 264 g/mol. The van der Waals surface area contributed by atoms with Gasteiger partial charge in [-0.15, -0.1) is 5.10 Å². The van der Waals surface area contributed by atoms with E-state index < -0.39 is 0 Å². The topological polar surface area (TPSA) is 55.2 Å². The standard InChI is InChI=1S/C13H16N2O2S/c1-3-9(2)10-6-4-5-7-11(10)17-13-15-14-12(8-16)18-13/h4-7,9,16H,3,8H2,1-2H3. The van der Waals surface area contributed by atoms with Crippen molar-refractivity contribution in [3.63, 3.8) is 0 Å². The molecular formula is C13H16N2O2S. The number of rotatable bonds is 5. The number of ether oxygens (including phenoxy) is 1. The maximum atomic E-state index is 8.95. The maximum Gasteiger partial charge on any atom is 0.299 e. The molecule has 96 valence electrons. The van der Waals surface area contributed by atoms with Crippen LogP contribution >= 0.6 is 11.3 Å². The first kappa shape index (κ1) is 13.0. The highest BCUT2D eigenvalue weighted by Crippen LogP contribution is 2.32. The van der Waals surface area contributed by atoms with Crippen molar-refractivity contribution in [2.45, 2.75) is 32.8 Å². The van der Waals surface area contributed by atoms with E-state index in [1.165, 1.54) is 16.9 Å². The normalized spacial score (nSPS) is 12.4. The Hall–Kier alpha value is -1.46. The number of aliphatic hydroxyl groups is 1.